The van der Waals surface area contributed by atoms with E-state index >= 15 is 0 Å². The zero-order chi connectivity index (χ0) is 20.4. The van der Waals surface area contributed by atoms with Gasteiger partial charge in [-0.2, -0.15) is 0 Å². The van der Waals surface area contributed by atoms with Crippen LogP contribution < -0.4 is 10.1 Å². The van der Waals surface area contributed by atoms with Crippen molar-refractivity contribution in [3.8, 4) is 17.3 Å². The summed E-state index contributed by atoms with van der Waals surface area (Å²) in [7, 11) is 3.08. The molecule has 4 rings (SSSR count). The van der Waals surface area contributed by atoms with Gasteiger partial charge in [0, 0.05) is 47.8 Å². The molecule has 4 aromatic rings. The van der Waals surface area contributed by atoms with Gasteiger partial charge in [0.1, 0.15) is 5.82 Å². The van der Waals surface area contributed by atoms with Crippen molar-refractivity contribution in [3.63, 3.8) is 0 Å². The van der Waals surface area contributed by atoms with Gasteiger partial charge in [-0.1, -0.05) is 0 Å². The maximum Gasteiger partial charge on any atom is 0.514 e. The molecule has 0 saturated carbocycles. The molecule has 0 bridgehead atoms. The van der Waals surface area contributed by atoms with E-state index < -0.39 is 6.16 Å². The van der Waals surface area contributed by atoms with Crippen LogP contribution in [-0.4, -0.2) is 32.8 Å². The van der Waals surface area contributed by atoms with Gasteiger partial charge >= 0.3 is 6.16 Å². The van der Waals surface area contributed by atoms with Gasteiger partial charge in [0.05, 0.1) is 12.6 Å². The molecule has 0 amide bonds. The minimum Gasteiger partial charge on any atom is -0.437 e. The van der Waals surface area contributed by atoms with Crippen molar-refractivity contribution in [2.24, 2.45) is 7.05 Å². The van der Waals surface area contributed by atoms with Crippen LogP contribution >= 0.6 is 15.9 Å². The zero-order valence-corrected chi connectivity index (χ0v) is 17.4. The minimum atomic E-state index is -0.741. The summed E-state index contributed by atoms with van der Waals surface area (Å²) in [5.74, 6) is 1.19. The van der Waals surface area contributed by atoms with Gasteiger partial charge in [-0.15, -0.1) is 0 Å². The Hall–Kier alpha value is -3.33. The van der Waals surface area contributed by atoms with E-state index in [9.17, 15) is 4.79 Å². The Balaban J connectivity index is 1.43. The number of aromatic amines is 1. The van der Waals surface area contributed by atoms with E-state index in [4.69, 9.17) is 4.74 Å². The van der Waals surface area contributed by atoms with Gasteiger partial charge in [0.25, 0.3) is 0 Å². The van der Waals surface area contributed by atoms with Gasteiger partial charge in [-0.05, 0) is 51.8 Å². The molecule has 0 fully saturated rings. The summed E-state index contributed by atoms with van der Waals surface area (Å²) in [4.78, 5) is 23.4. The monoisotopic (exact) mass is 455 g/mol. The summed E-state index contributed by atoms with van der Waals surface area (Å²) >= 11 is 3.41. The first-order valence-electron chi connectivity index (χ1n) is 8.78. The van der Waals surface area contributed by atoms with Crippen LogP contribution in [0.5, 0.6) is 5.88 Å². The molecule has 2 N–H and O–H groups in total. The normalized spacial score (nSPS) is 10.9. The van der Waals surface area contributed by atoms with Crippen LogP contribution in [0.2, 0.25) is 0 Å². The number of anilines is 1. The van der Waals surface area contributed by atoms with Crippen LogP contribution in [0.4, 0.5) is 10.5 Å². The lowest BCUT2D eigenvalue weighted by atomic mass is 10.2. The number of halogens is 1. The molecule has 0 aliphatic rings. The number of rotatable bonds is 5. The number of hydrogen-bond donors (Lipinski definition) is 2. The van der Waals surface area contributed by atoms with Crippen LogP contribution in [0, 0.1) is 0 Å². The van der Waals surface area contributed by atoms with Crippen molar-refractivity contribution in [2.45, 2.75) is 6.54 Å². The number of H-pyrrole nitrogens is 1. The van der Waals surface area contributed by atoms with Crippen molar-refractivity contribution >= 4 is 38.9 Å². The van der Waals surface area contributed by atoms with Crippen LogP contribution in [0.3, 0.4) is 0 Å². The average Bonchev–Trinajstić information content (AvgIpc) is 3.29. The van der Waals surface area contributed by atoms with Crippen LogP contribution in [0.25, 0.3) is 22.6 Å². The largest absolute Gasteiger partial charge is 0.514 e. The molecular weight excluding hydrogens is 438 g/mol. The molecular formula is C20H18BrN5O3. The summed E-state index contributed by atoms with van der Waals surface area (Å²) in [6, 6.07) is 11.7. The van der Waals surface area contributed by atoms with Gasteiger partial charge in [-0.3, -0.25) is 0 Å². The van der Waals surface area contributed by atoms with Crippen LogP contribution in [0.1, 0.15) is 5.56 Å². The predicted octanol–water partition coefficient (Wildman–Crippen LogP) is 4.48. The Morgan fingerprint density at radius 2 is 2.07 bits per heavy atom. The lowest BCUT2D eigenvalue weighted by molar-refractivity contribution is 0.118. The highest BCUT2D eigenvalue weighted by atomic mass is 79.9. The summed E-state index contributed by atoms with van der Waals surface area (Å²) in [5, 5.41) is 3.35. The van der Waals surface area contributed by atoms with E-state index in [0.717, 1.165) is 32.6 Å². The van der Waals surface area contributed by atoms with Gasteiger partial charge in [0.2, 0.25) is 5.88 Å². The molecule has 8 nitrogen and oxygen atoms in total. The number of aromatic nitrogens is 4. The predicted molar refractivity (Wildman–Crippen MR) is 113 cm³/mol. The number of methoxy groups -OCH3 is 1. The number of nitrogens with zero attached hydrogens (tertiary/aromatic N) is 3. The Morgan fingerprint density at radius 1 is 1.28 bits per heavy atom. The number of ether oxygens (including phenoxy) is 2. The molecule has 29 heavy (non-hydrogen) atoms. The second kappa shape index (κ2) is 7.96. The Labute approximate surface area is 175 Å². The molecule has 3 heterocycles. The van der Waals surface area contributed by atoms with E-state index in [1.165, 1.54) is 7.11 Å². The number of pyridine rings is 1. The molecule has 0 aliphatic carbocycles. The molecule has 0 saturated heterocycles. The quantitative estimate of drug-likeness (QED) is 0.430. The van der Waals surface area contributed by atoms with Crippen LogP contribution in [-0.2, 0) is 18.3 Å². The maximum atomic E-state index is 11.3. The first-order chi connectivity index (χ1) is 14.0. The molecule has 0 aliphatic heterocycles. The molecule has 0 radical (unpaired) electrons. The smallest absolute Gasteiger partial charge is 0.437 e. The topological polar surface area (TPSA) is 94.1 Å². The highest BCUT2D eigenvalue weighted by molar-refractivity contribution is 9.10. The summed E-state index contributed by atoms with van der Waals surface area (Å²) in [6.07, 6.45) is 2.87. The summed E-state index contributed by atoms with van der Waals surface area (Å²) < 4.78 is 12.2. The van der Waals surface area contributed by atoms with E-state index in [1.54, 1.807) is 23.9 Å². The van der Waals surface area contributed by atoms with Crippen molar-refractivity contribution < 1.29 is 14.3 Å². The third-order valence-electron chi connectivity index (χ3n) is 4.33. The number of benzene rings is 1. The lowest BCUT2D eigenvalue weighted by Gasteiger charge is -2.05. The maximum absolute atomic E-state index is 11.3. The fourth-order valence-electron chi connectivity index (χ4n) is 2.90. The molecule has 0 spiro atoms. The van der Waals surface area contributed by atoms with E-state index in [-0.39, 0.29) is 0 Å². The highest BCUT2D eigenvalue weighted by Gasteiger charge is 2.10. The summed E-state index contributed by atoms with van der Waals surface area (Å²) in [5.41, 5.74) is 4.47. The molecule has 1 aromatic carbocycles. The van der Waals surface area contributed by atoms with Crippen molar-refractivity contribution in [3.05, 3.63) is 58.8 Å². The number of nitrogens with one attached hydrogen (secondary N) is 2. The third kappa shape index (κ3) is 4.24. The van der Waals surface area contributed by atoms with Gasteiger partial charge in [-0.25, -0.2) is 14.8 Å². The van der Waals surface area contributed by atoms with E-state index in [1.807, 2.05) is 36.5 Å². The Bertz CT molecular complexity index is 1170. The molecule has 0 unspecified atom stereocenters. The average molecular weight is 456 g/mol. The minimum absolute atomic E-state index is 0.425. The molecule has 0 atom stereocenters. The fourth-order valence-corrected chi connectivity index (χ4v) is 3.23. The van der Waals surface area contributed by atoms with Gasteiger partial charge < -0.3 is 24.3 Å². The number of carbonyl (C=O) groups is 1. The Morgan fingerprint density at radius 3 is 2.83 bits per heavy atom. The van der Waals surface area contributed by atoms with Crippen molar-refractivity contribution in [1.29, 1.82) is 0 Å². The van der Waals surface area contributed by atoms with E-state index in [2.05, 4.69) is 40.9 Å². The lowest BCUT2D eigenvalue weighted by Crippen LogP contribution is -2.09. The van der Waals surface area contributed by atoms with Gasteiger partial charge in [0.15, 0.2) is 5.65 Å². The number of fused-ring (bicyclic) bond motifs is 1. The second-order valence-electron chi connectivity index (χ2n) is 6.39. The van der Waals surface area contributed by atoms with E-state index in [0.29, 0.717) is 18.1 Å². The fraction of sp³-hybridized carbons (Fsp3) is 0.150. The molecule has 148 valence electrons. The molecule has 3 aromatic heterocycles. The number of hydrogen-bond acceptors (Lipinski definition) is 6. The zero-order valence-electron chi connectivity index (χ0n) is 15.8. The SMILES string of the molecule is COC(=O)Oc1cc(CNc2ccc(-c3nc4ncc(Br)cc4[nH]3)cc2)cn1C. The first kappa shape index (κ1) is 19.0. The molecule has 9 heteroatoms. The number of aryl methyl sites for hydroxylation is 1. The second-order valence-corrected chi connectivity index (χ2v) is 7.31. The third-order valence-corrected chi connectivity index (χ3v) is 4.76. The Kier molecular flexibility index (Phi) is 5.22. The van der Waals surface area contributed by atoms with Crippen LogP contribution in [0.15, 0.2) is 53.3 Å². The van der Waals surface area contributed by atoms with Crippen molar-refractivity contribution in [1.82, 2.24) is 19.5 Å². The first-order valence-corrected chi connectivity index (χ1v) is 9.58. The highest BCUT2D eigenvalue weighted by Crippen LogP contribution is 2.23. The number of carbonyl (C=O) groups excluding carboxylic acids is 1. The van der Waals surface area contributed by atoms with Crippen molar-refractivity contribution in [2.75, 3.05) is 12.4 Å². The number of imidazole rings is 1. The summed E-state index contributed by atoms with van der Waals surface area (Å²) in [6.45, 7) is 0.584. The standard InChI is InChI=1S/C20H18BrN5O3/c1-26-11-12(7-17(26)29-20(27)28-2)9-22-15-5-3-13(4-6-15)18-24-16-8-14(21)10-23-19(16)25-18/h3-8,10-11,22H,9H2,1-2H3,(H,23,24,25).